The monoisotopic (exact) mass is 372 g/mol. The summed E-state index contributed by atoms with van der Waals surface area (Å²) in [5.74, 6) is 0.930. The van der Waals surface area contributed by atoms with Gasteiger partial charge in [-0.25, -0.2) is 4.98 Å². The Morgan fingerprint density at radius 3 is 2.85 bits per heavy atom. The van der Waals surface area contributed by atoms with Crippen LogP contribution in [0.1, 0.15) is 32.0 Å². The molecule has 4 rings (SSSR count). The Morgan fingerprint density at radius 2 is 2.19 bits per heavy atom. The van der Waals surface area contributed by atoms with Gasteiger partial charge in [-0.2, -0.15) is 9.47 Å². The lowest BCUT2D eigenvalue weighted by atomic mass is 9.95. The molecule has 3 aromatic heterocycles. The fourth-order valence-electron chi connectivity index (χ4n) is 3.32. The molecule has 1 aliphatic rings. The van der Waals surface area contributed by atoms with Gasteiger partial charge in [-0.3, -0.25) is 5.10 Å². The first kappa shape index (κ1) is 17.4. The van der Waals surface area contributed by atoms with Crippen molar-refractivity contribution in [3.05, 3.63) is 23.4 Å². The Bertz CT molecular complexity index is 941. The van der Waals surface area contributed by atoms with Crippen LogP contribution in [0, 0.1) is 6.92 Å². The number of aromatic nitrogens is 4. The van der Waals surface area contributed by atoms with Crippen molar-refractivity contribution in [2.24, 2.45) is 5.73 Å². The smallest absolute Gasteiger partial charge is 0.130 e. The molecule has 0 amide bonds. The number of pyridine rings is 1. The van der Waals surface area contributed by atoms with E-state index in [1.165, 1.54) is 11.5 Å². The molecule has 1 aliphatic heterocycles. The van der Waals surface area contributed by atoms with Crippen molar-refractivity contribution in [3.63, 3.8) is 0 Å². The minimum Gasteiger partial charge on any atom is -0.377 e. The molecule has 0 spiro atoms. The molecular weight excluding hydrogens is 348 g/mol. The van der Waals surface area contributed by atoms with E-state index in [9.17, 15) is 0 Å². The molecule has 7 nitrogen and oxygen atoms in total. The third-order valence-corrected chi connectivity index (χ3v) is 5.60. The summed E-state index contributed by atoms with van der Waals surface area (Å²) in [6.45, 7) is 10.4. The number of aromatic amines is 1. The molecular formula is C18H24N6OS. The largest absolute Gasteiger partial charge is 0.377 e. The minimum absolute atomic E-state index is 0.270. The van der Waals surface area contributed by atoms with Crippen molar-refractivity contribution in [1.29, 1.82) is 0 Å². The number of aryl methyl sites for hydroxylation is 1. The van der Waals surface area contributed by atoms with E-state index in [2.05, 4.69) is 32.5 Å². The van der Waals surface area contributed by atoms with E-state index in [1.54, 1.807) is 0 Å². The highest BCUT2D eigenvalue weighted by molar-refractivity contribution is 7.13. The van der Waals surface area contributed by atoms with Gasteiger partial charge in [0.2, 0.25) is 0 Å². The maximum atomic E-state index is 6.50. The molecule has 0 saturated carbocycles. The number of nitrogens with two attached hydrogens (primary N) is 1. The first-order chi connectivity index (χ1) is 12.3. The second-order valence-electron chi connectivity index (χ2n) is 7.50. The Balaban J connectivity index is 1.93. The van der Waals surface area contributed by atoms with E-state index in [0.717, 1.165) is 45.2 Å². The molecule has 138 valence electrons. The normalized spacial score (nSPS) is 18.7. The molecule has 0 aliphatic carbocycles. The van der Waals surface area contributed by atoms with Crippen LogP contribution in [0.2, 0.25) is 0 Å². The van der Waals surface area contributed by atoms with Gasteiger partial charge in [0.05, 0.1) is 35.3 Å². The summed E-state index contributed by atoms with van der Waals surface area (Å²) in [7, 11) is 0. The summed E-state index contributed by atoms with van der Waals surface area (Å²) in [6.07, 6.45) is 0. The van der Waals surface area contributed by atoms with Gasteiger partial charge in [0, 0.05) is 12.1 Å². The first-order valence-electron chi connectivity index (χ1n) is 8.81. The molecule has 0 aromatic carbocycles. The van der Waals surface area contributed by atoms with Gasteiger partial charge < -0.3 is 15.4 Å². The number of anilines is 1. The summed E-state index contributed by atoms with van der Waals surface area (Å²) < 4.78 is 11.3. The number of ether oxygens (including phenoxy) is 1. The van der Waals surface area contributed by atoms with E-state index in [1.807, 2.05) is 26.8 Å². The number of hydrogen-bond donors (Lipinski definition) is 2. The van der Waals surface area contributed by atoms with Crippen LogP contribution in [0.5, 0.6) is 0 Å². The van der Waals surface area contributed by atoms with E-state index < -0.39 is 5.54 Å². The number of morpholine rings is 1. The topological polar surface area (TPSA) is 93.0 Å². The van der Waals surface area contributed by atoms with Crippen LogP contribution in [0.4, 0.5) is 5.82 Å². The fraction of sp³-hybridized carbons (Fsp3) is 0.500. The lowest BCUT2D eigenvalue weighted by Crippen LogP contribution is -2.44. The number of H-pyrrole nitrogens is 1. The minimum atomic E-state index is -0.487. The molecule has 8 heteroatoms. The quantitative estimate of drug-likeness (QED) is 0.734. The van der Waals surface area contributed by atoms with Crippen molar-refractivity contribution >= 4 is 27.6 Å². The average Bonchev–Trinajstić information content (AvgIpc) is 3.19. The van der Waals surface area contributed by atoms with Gasteiger partial charge in [0.1, 0.15) is 17.0 Å². The highest BCUT2D eigenvalue weighted by Gasteiger charge is 2.27. The van der Waals surface area contributed by atoms with Crippen LogP contribution < -0.4 is 10.6 Å². The van der Waals surface area contributed by atoms with Crippen molar-refractivity contribution < 1.29 is 4.74 Å². The number of fused-ring (bicyclic) bond motifs is 1. The lowest BCUT2D eigenvalue weighted by Gasteiger charge is -2.35. The Morgan fingerprint density at radius 1 is 1.38 bits per heavy atom. The van der Waals surface area contributed by atoms with E-state index in [-0.39, 0.29) is 6.04 Å². The number of nitrogens with zero attached hydrogens (tertiary/aromatic N) is 4. The maximum Gasteiger partial charge on any atom is 0.130 e. The number of rotatable bonds is 3. The molecule has 0 radical (unpaired) electrons. The Labute approximate surface area is 156 Å². The van der Waals surface area contributed by atoms with Crippen LogP contribution >= 0.6 is 11.5 Å². The van der Waals surface area contributed by atoms with Gasteiger partial charge in [0.15, 0.2) is 0 Å². The highest BCUT2D eigenvalue weighted by atomic mass is 32.1. The van der Waals surface area contributed by atoms with Gasteiger partial charge >= 0.3 is 0 Å². The summed E-state index contributed by atoms with van der Waals surface area (Å²) in [5, 5.41) is 7.29. The van der Waals surface area contributed by atoms with Crippen LogP contribution in [-0.4, -0.2) is 45.4 Å². The van der Waals surface area contributed by atoms with Crippen molar-refractivity contribution in [3.8, 4) is 11.4 Å². The molecule has 1 saturated heterocycles. The second-order valence-corrected chi connectivity index (χ2v) is 8.27. The Kier molecular flexibility index (Phi) is 4.21. The van der Waals surface area contributed by atoms with Gasteiger partial charge in [-0.1, -0.05) is 0 Å². The molecule has 4 heterocycles. The van der Waals surface area contributed by atoms with Crippen molar-refractivity contribution in [1.82, 2.24) is 19.6 Å². The van der Waals surface area contributed by atoms with Crippen LogP contribution in [0.25, 0.3) is 21.6 Å². The predicted molar refractivity (Wildman–Crippen MR) is 105 cm³/mol. The first-order valence-corrected chi connectivity index (χ1v) is 9.58. The average molecular weight is 372 g/mol. The maximum absolute atomic E-state index is 6.50. The van der Waals surface area contributed by atoms with E-state index in [0.29, 0.717) is 13.2 Å². The number of nitrogens with one attached hydrogen (secondary N) is 1. The Hall–Kier alpha value is -2.03. The molecule has 1 atom stereocenters. The summed E-state index contributed by atoms with van der Waals surface area (Å²) in [5.41, 5.74) is 10.6. The zero-order chi connectivity index (χ0) is 18.5. The summed E-state index contributed by atoms with van der Waals surface area (Å²) in [4.78, 5) is 7.27. The van der Waals surface area contributed by atoms with E-state index >= 15 is 0 Å². The summed E-state index contributed by atoms with van der Waals surface area (Å²) >= 11 is 1.44. The zero-order valence-corrected chi connectivity index (χ0v) is 16.4. The van der Waals surface area contributed by atoms with Crippen LogP contribution in [-0.2, 0) is 10.3 Å². The van der Waals surface area contributed by atoms with Gasteiger partial charge in [-0.05, 0) is 56.9 Å². The van der Waals surface area contributed by atoms with Gasteiger partial charge in [0.25, 0.3) is 0 Å². The SMILES string of the molecule is Cc1cc(-c2nsc3c(C(C)(C)N)cc(N4CCOC[C@H]4C)nc23)[nH]n1. The standard InChI is InChI=1S/C18H24N6OS/c1-10-7-13(22-21-10)15-16-17(26-23-15)12(18(3,4)19)8-14(20-16)24-5-6-25-9-11(24)2/h7-8,11H,5-6,9,19H2,1-4H3,(H,21,22)/t11-/m1/s1. The third kappa shape index (κ3) is 2.98. The third-order valence-electron chi connectivity index (χ3n) is 4.73. The predicted octanol–water partition coefficient (Wildman–Crippen LogP) is 2.81. The van der Waals surface area contributed by atoms with Crippen LogP contribution in [0.15, 0.2) is 12.1 Å². The van der Waals surface area contributed by atoms with E-state index in [4.69, 9.17) is 15.5 Å². The zero-order valence-electron chi connectivity index (χ0n) is 15.5. The van der Waals surface area contributed by atoms with Crippen molar-refractivity contribution in [2.75, 3.05) is 24.7 Å². The van der Waals surface area contributed by atoms with Crippen LogP contribution in [0.3, 0.4) is 0 Å². The summed E-state index contributed by atoms with van der Waals surface area (Å²) in [6, 6.07) is 4.38. The molecule has 0 unspecified atom stereocenters. The van der Waals surface area contributed by atoms with Gasteiger partial charge in [-0.15, -0.1) is 0 Å². The molecule has 26 heavy (non-hydrogen) atoms. The molecule has 3 N–H and O–H groups in total. The highest BCUT2D eigenvalue weighted by Crippen LogP contribution is 2.37. The fourth-order valence-corrected chi connectivity index (χ4v) is 4.34. The molecule has 1 fully saturated rings. The lowest BCUT2D eigenvalue weighted by molar-refractivity contribution is 0.0985. The van der Waals surface area contributed by atoms with Crippen molar-refractivity contribution in [2.45, 2.75) is 39.3 Å². The molecule has 3 aromatic rings. The second kappa shape index (κ2) is 6.29. The number of hydrogen-bond acceptors (Lipinski definition) is 7. The molecule has 0 bridgehead atoms.